The first kappa shape index (κ1) is 27.6. The van der Waals surface area contributed by atoms with E-state index < -0.39 is 0 Å². The smallest absolute Gasteiger partial charge is 0.870 e. The summed E-state index contributed by atoms with van der Waals surface area (Å²) in [5, 5.41) is 0. The van der Waals surface area contributed by atoms with Crippen molar-refractivity contribution in [2.45, 2.75) is 25.3 Å². The molecule has 0 spiro atoms. The molecule has 1 aliphatic rings. The summed E-state index contributed by atoms with van der Waals surface area (Å²) in [6, 6.07) is 16.1. The number of hydrogen-bond donors (Lipinski definition) is 1. The van der Waals surface area contributed by atoms with Crippen LogP contribution in [0.2, 0.25) is 0 Å². The van der Waals surface area contributed by atoms with Crippen molar-refractivity contribution in [1.82, 2.24) is 14.5 Å². The summed E-state index contributed by atoms with van der Waals surface area (Å²) in [4.78, 5) is 32.0. The van der Waals surface area contributed by atoms with E-state index in [9.17, 15) is 9.59 Å². The maximum atomic E-state index is 12.6. The Morgan fingerprint density at radius 3 is 2.34 bits per heavy atom. The zero-order valence-corrected chi connectivity index (χ0v) is 20.0. The second-order valence-corrected chi connectivity index (χ2v) is 8.85. The van der Waals surface area contributed by atoms with Crippen molar-refractivity contribution in [1.29, 1.82) is 0 Å². The van der Waals surface area contributed by atoms with Gasteiger partial charge in [-0.05, 0) is 12.1 Å². The second-order valence-electron chi connectivity index (χ2n) is 7.64. The Kier molecular flexibility index (Phi) is 10.3. The number of H-pyrrole nitrogens is 1. The Labute approximate surface area is 195 Å². The molecule has 10 heteroatoms. The van der Waals surface area contributed by atoms with Crippen LogP contribution in [0.1, 0.15) is 25.3 Å². The largest absolute Gasteiger partial charge is 0.870 e. The normalized spacial score (nSPS) is 14.2. The average Bonchev–Trinajstić information content (AvgIpc) is 3.08. The van der Waals surface area contributed by atoms with Crippen molar-refractivity contribution in [3.8, 4) is 0 Å². The third-order valence-corrected chi connectivity index (χ3v) is 6.52. The topological polar surface area (TPSA) is 151 Å². The fourth-order valence-electron chi connectivity index (χ4n) is 4.09. The van der Waals surface area contributed by atoms with Crippen LogP contribution in [0, 0.1) is 0 Å². The Morgan fingerprint density at radius 1 is 1.06 bits per heavy atom. The first-order chi connectivity index (χ1) is 14.0. The monoisotopic (exact) mass is 502 g/mol. The summed E-state index contributed by atoms with van der Waals surface area (Å²) >= 11 is 2.04. The summed E-state index contributed by atoms with van der Waals surface area (Å²) < 4.78 is 3.09. The van der Waals surface area contributed by atoms with Crippen molar-refractivity contribution in [3.63, 3.8) is 0 Å². The number of fused-ring (bicyclic) bond motifs is 1. The molecule has 0 unspecified atom stereocenters. The molecule has 1 fully saturated rings. The van der Waals surface area contributed by atoms with Crippen LogP contribution in [-0.2, 0) is 4.79 Å². The van der Waals surface area contributed by atoms with Crippen LogP contribution in [0.25, 0.3) is 11.0 Å². The Balaban J connectivity index is 0.00000171. The number of nitrogens with zero attached hydrogens (tertiary/aromatic N) is 3. The number of carbonyl (C=O) groups is 1. The molecule has 32 heavy (non-hydrogen) atoms. The standard InChI is InChI=1S/C22H25GeN4O2.3H2O/c1-25(17-8-6-16(23)7-9-17)21(28)12-15-26-13-10-18(11-14-26)27-20-5-3-2-4-19(20)24-22(27)29;;;/h2-9,18H,10-15H2,1H3,(H,24,29);3*1H2/q+3;;;/p-3. The molecule has 0 atom stereocenters. The third-order valence-electron chi connectivity index (χ3n) is 5.82. The number of aromatic amines is 1. The summed E-state index contributed by atoms with van der Waals surface area (Å²) in [6.45, 7) is 2.56. The van der Waals surface area contributed by atoms with Gasteiger partial charge >= 0.3 is 129 Å². The van der Waals surface area contributed by atoms with E-state index in [2.05, 4.69) is 9.88 Å². The molecular weight excluding hydrogens is 473 g/mol. The molecule has 0 saturated carbocycles. The van der Waals surface area contributed by atoms with E-state index in [0.29, 0.717) is 6.42 Å². The van der Waals surface area contributed by atoms with Gasteiger partial charge in [-0.15, -0.1) is 0 Å². The molecule has 4 N–H and O–H groups in total. The van der Waals surface area contributed by atoms with E-state index in [4.69, 9.17) is 0 Å². The van der Waals surface area contributed by atoms with Crippen molar-refractivity contribution in [2.24, 2.45) is 0 Å². The maximum Gasteiger partial charge on any atom is -0.870 e. The quantitative estimate of drug-likeness (QED) is 0.521. The number of benzene rings is 2. The van der Waals surface area contributed by atoms with E-state index in [-0.39, 0.29) is 34.1 Å². The summed E-state index contributed by atoms with van der Waals surface area (Å²) in [7, 11) is 1.84. The van der Waals surface area contributed by atoms with Crippen LogP contribution in [0.3, 0.4) is 0 Å². The fourth-order valence-corrected chi connectivity index (χ4v) is 4.44. The van der Waals surface area contributed by atoms with E-state index >= 15 is 0 Å². The SMILES string of the molecule is CN(C(=O)CCN1CCC(n2c(=O)[nH]c3ccccc32)CC1)c1cc[c]([Ge+3])cc1.[OH-].[OH-].[OH-]. The maximum absolute atomic E-state index is 12.6. The summed E-state index contributed by atoms with van der Waals surface area (Å²) in [5.41, 5.74) is 2.77. The number of aromatic nitrogens is 2. The number of piperidine rings is 1. The van der Waals surface area contributed by atoms with Crippen LogP contribution in [0.4, 0.5) is 5.69 Å². The predicted molar refractivity (Wildman–Crippen MR) is 123 cm³/mol. The first-order valence-electron chi connectivity index (χ1n) is 10.0. The first-order valence-corrected chi connectivity index (χ1v) is 11.1. The van der Waals surface area contributed by atoms with Gasteiger partial charge in [0.1, 0.15) is 0 Å². The fraction of sp³-hybridized carbons (Fsp3) is 0.364. The van der Waals surface area contributed by atoms with Gasteiger partial charge in [0.25, 0.3) is 0 Å². The van der Waals surface area contributed by atoms with Gasteiger partial charge in [0.2, 0.25) is 0 Å². The number of likely N-dealkylation sites (tertiary alicyclic amines) is 1. The third kappa shape index (κ3) is 5.87. The Morgan fingerprint density at radius 2 is 1.69 bits per heavy atom. The molecule has 0 radical (unpaired) electrons. The summed E-state index contributed by atoms with van der Waals surface area (Å²) in [6.07, 6.45) is 2.34. The minimum absolute atomic E-state index is 0. The minimum atomic E-state index is -0.0282. The van der Waals surface area contributed by atoms with Gasteiger partial charge in [0, 0.05) is 0 Å². The Bertz CT molecular complexity index is 1060. The molecule has 1 amide bonds. The second kappa shape index (κ2) is 12.0. The van der Waals surface area contributed by atoms with Crippen molar-refractivity contribution in [2.75, 3.05) is 31.6 Å². The average molecular weight is 501 g/mol. The molecule has 1 aliphatic heterocycles. The predicted octanol–water partition coefficient (Wildman–Crippen LogP) is 1.28. The van der Waals surface area contributed by atoms with Gasteiger partial charge in [-0.1, -0.05) is 12.1 Å². The van der Waals surface area contributed by atoms with Crippen LogP contribution in [-0.4, -0.2) is 80.0 Å². The molecule has 9 nitrogen and oxygen atoms in total. The van der Waals surface area contributed by atoms with Gasteiger partial charge < -0.3 is 21.4 Å². The van der Waals surface area contributed by atoms with Crippen LogP contribution in [0.5, 0.6) is 0 Å². The number of hydrogen-bond acceptors (Lipinski definition) is 6. The zero-order chi connectivity index (χ0) is 20.4. The summed E-state index contributed by atoms with van der Waals surface area (Å²) in [5.74, 6) is 0.129. The van der Waals surface area contributed by atoms with E-state index in [1.54, 1.807) is 4.90 Å². The van der Waals surface area contributed by atoms with E-state index in [0.717, 1.165) is 49.2 Å². The number of imidazole rings is 1. The van der Waals surface area contributed by atoms with Crippen LogP contribution < -0.4 is 15.0 Å². The molecular formula is C22H28GeN4O5. The number of anilines is 1. The van der Waals surface area contributed by atoms with Gasteiger partial charge in [0.15, 0.2) is 0 Å². The molecule has 1 aromatic heterocycles. The van der Waals surface area contributed by atoms with E-state index in [1.165, 1.54) is 4.40 Å². The number of nitrogens with one attached hydrogen (secondary N) is 1. The zero-order valence-electron chi connectivity index (χ0n) is 17.9. The Hall–Kier alpha value is -2.44. The van der Waals surface area contributed by atoms with Crippen molar-refractivity contribution >= 4 is 43.5 Å². The van der Waals surface area contributed by atoms with Crippen molar-refractivity contribution in [3.05, 3.63) is 59.0 Å². The van der Waals surface area contributed by atoms with Gasteiger partial charge in [0.05, 0.1) is 11.0 Å². The number of carbonyl (C=O) groups excluding carboxylic acids is 1. The van der Waals surface area contributed by atoms with Crippen LogP contribution >= 0.6 is 0 Å². The van der Waals surface area contributed by atoms with Crippen LogP contribution in [0.15, 0.2) is 53.3 Å². The van der Waals surface area contributed by atoms with Gasteiger partial charge in [-0.3, -0.25) is 4.57 Å². The number of amides is 1. The molecule has 3 aromatic rings. The number of para-hydroxylation sites is 2. The molecule has 2 aromatic carbocycles. The molecule has 170 valence electrons. The molecule has 0 bridgehead atoms. The van der Waals surface area contributed by atoms with Gasteiger partial charge in [-0.2, -0.15) is 0 Å². The molecule has 1 saturated heterocycles. The molecule has 2 heterocycles. The molecule has 0 aliphatic carbocycles. The van der Waals surface area contributed by atoms with Gasteiger partial charge in [-0.25, -0.2) is 4.79 Å². The molecule has 4 rings (SSSR count). The number of rotatable bonds is 5. The van der Waals surface area contributed by atoms with Crippen molar-refractivity contribution < 1.29 is 21.2 Å². The minimum Gasteiger partial charge on any atom is -0.870 e. The van der Waals surface area contributed by atoms with E-state index in [1.807, 2.05) is 76.7 Å².